The monoisotopic (exact) mass is 387 g/mol. The van der Waals surface area contributed by atoms with Crippen molar-refractivity contribution >= 4 is 33.4 Å². The van der Waals surface area contributed by atoms with E-state index in [-0.39, 0.29) is 29.9 Å². The minimum Gasteiger partial charge on any atom is -0.338 e. The zero-order valence-electron chi connectivity index (χ0n) is 13.9. The number of nitro groups is 1. The molecule has 1 aliphatic heterocycles. The number of amides is 1. The molecule has 0 aromatic heterocycles. The number of likely N-dealkylation sites (tertiary alicyclic amines) is 1. The summed E-state index contributed by atoms with van der Waals surface area (Å²) in [6.07, 6.45) is 3.75. The molecule has 1 saturated heterocycles. The van der Waals surface area contributed by atoms with Gasteiger partial charge in [-0.1, -0.05) is 0 Å². The molecule has 1 aliphatic rings. The van der Waals surface area contributed by atoms with Crippen LogP contribution in [0.5, 0.6) is 0 Å². The minimum atomic E-state index is -3.29. The zero-order chi connectivity index (χ0) is 18.4. The van der Waals surface area contributed by atoms with Crippen LogP contribution in [0.1, 0.15) is 19.3 Å². The molecule has 10 heteroatoms. The highest BCUT2D eigenvalue weighted by Crippen LogP contribution is 2.23. The third-order valence-electron chi connectivity index (χ3n) is 3.94. The van der Waals surface area contributed by atoms with Crippen LogP contribution >= 0.6 is 11.8 Å². The van der Waals surface area contributed by atoms with Gasteiger partial charge in [-0.15, -0.1) is 11.8 Å². The molecule has 1 heterocycles. The molecule has 1 N–H and O–H groups in total. The molecular weight excluding hydrogens is 366 g/mol. The summed E-state index contributed by atoms with van der Waals surface area (Å²) < 4.78 is 25.0. The lowest BCUT2D eigenvalue weighted by molar-refractivity contribution is -0.384. The van der Waals surface area contributed by atoms with E-state index in [9.17, 15) is 23.3 Å². The standard InChI is InChI=1S/C15H21N3O5S2/c1-25(22,23)16-10-13-4-2-3-9-17(13)15(19)11-24-14-7-5-12(6-8-14)18(20)21/h5-8,13,16H,2-4,9-11H2,1H3. The lowest BCUT2D eigenvalue weighted by Gasteiger charge is -2.35. The number of carbonyl (C=O) groups excluding carboxylic acids is 1. The van der Waals surface area contributed by atoms with Crippen molar-refractivity contribution in [3.63, 3.8) is 0 Å². The Kier molecular flexibility index (Phi) is 6.79. The number of nitro benzene ring substituents is 1. The van der Waals surface area contributed by atoms with Gasteiger partial charge in [0.2, 0.25) is 15.9 Å². The SMILES string of the molecule is CS(=O)(=O)NCC1CCCCN1C(=O)CSc1ccc([N+](=O)[O-])cc1. The fourth-order valence-electron chi connectivity index (χ4n) is 2.68. The molecule has 1 atom stereocenters. The summed E-state index contributed by atoms with van der Waals surface area (Å²) in [5.74, 6) is 0.163. The highest BCUT2D eigenvalue weighted by molar-refractivity contribution is 8.00. The van der Waals surface area contributed by atoms with Crippen molar-refractivity contribution in [2.24, 2.45) is 0 Å². The summed E-state index contributed by atoms with van der Waals surface area (Å²) in [4.78, 5) is 25.2. The summed E-state index contributed by atoms with van der Waals surface area (Å²) in [7, 11) is -3.29. The molecule has 1 unspecified atom stereocenters. The van der Waals surface area contributed by atoms with Gasteiger partial charge in [0.25, 0.3) is 5.69 Å². The molecule has 0 saturated carbocycles. The Labute approximate surface area is 151 Å². The van der Waals surface area contributed by atoms with E-state index in [1.807, 2.05) is 0 Å². The fraction of sp³-hybridized carbons (Fsp3) is 0.533. The number of hydrogen-bond donors (Lipinski definition) is 1. The maximum absolute atomic E-state index is 12.5. The molecule has 1 amide bonds. The zero-order valence-corrected chi connectivity index (χ0v) is 15.5. The summed E-state index contributed by atoms with van der Waals surface area (Å²) in [5.41, 5.74) is 0.0126. The molecule has 0 aliphatic carbocycles. The Hall–Kier alpha value is -1.65. The first-order valence-corrected chi connectivity index (χ1v) is 10.8. The van der Waals surface area contributed by atoms with E-state index in [0.717, 1.165) is 30.4 Å². The number of non-ortho nitro benzene ring substituents is 1. The predicted molar refractivity (Wildman–Crippen MR) is 96.0 cm³/mol. The third kappa shape index (κ3) is 6.29. The number of nitrogens with zero attached hydrogens (tertiary/aromatic N) is 2. The normalized spacial score (nSPS) is 18.1. The number of piperidine rings is 1. The van der Waals surface area contributed by atoms with Crippen molar-refractivity contribution in [1.29, 1.82) is 0 Å². The Morgan fingerprint density at radius 2 is 2.04 bits per heavy atom. The summed E-state index contributed by atoms with van der Waals surface area (Å²) in [6, 6.07) is 5.93. The van der Waals surface area contributed by atoms with Crippen molar-refractivity contribution in [3.8, 4) is 0 Å². The second-order valence-electron chi connectivity index (χ2n) is 5.90. The molecule has 2 rings (SSSR count). The average molecular weight is 387 g/mol. The summed E-state index contributed by atoms with van der Waals surface area (Å²) >= 11 is 1.32. The number of hydrogen-bond acceptors (Lipinski definition) is 6. The summed E-state index contributed by atoms with van der Waals surface area (Å²) in [5, 5.41) is 10.6. The van der Waals surface area contributed by atoms with Crippen molar-refractivity contribution < 1.29 is 18.1 Å². The van der Waals surface area contributed by atoms with Gasteiger partial charge in [0, 0.05) is 36.2 Å². The van der Waals surface area contributed by atoms with Crippen LogP contribution in [-0.2, 0) is 14.8 Å². The van der Waals surface area contributed by atoms with Gasteiger partial charge in [-0.25, -0.2) is 13.1 Å². The molecule has 0 radical (unpaired) electrons. The van der Waals surface area contributed by atoms with Gasteiger partial charge in [0.05, 0.1) is 16.9 Å². The second-order valence-corrected chi connectivity index (χ2v) is 8.78. The molecule has 1 aromatic carbocycles. The van der Waals surface area contributed by atoms with Crippen LogP contribution in [0.25, 0.3) is 0 Å². The Morgan fingerprint density at radius 3 is 2.64 bits per heavy atom. The number of sulfonamides is 1. The Balaban J connectivity index is 1.91. The van der Waals surface area contributed by atoms with E-state index in [1.54, 1.807) is 17.0 Å². The van der Waals surface area contributed by atoms with E-state index in [0.29, 0.717) is 6.54 Å². The first-order chi connectivity index (χ1) is 11.8. The average Bonchev–Trinajstić information content (AvgIpc) is 2.58. The molecule has 0 bridgehead atoms. The number of nitrogens with one attached hydrogen (secondary N) is 1. The highest BCUT2D eigenvalue weighted by Gasteiger charge is 2.27. The van der Waals surface area contributed by atoms with Crippen molar-refractivity contribution in [2.75, 3.05) is 25.1 Å². The third-order valence-corrected chi connectivity index (χ3v) is 5.63. The quantitative estimate of drug-likeness (QED) is 0.432. The van der Waals surface area contributed by atoms with Crippen LogP contribution < -0.4 is 4.72 Å². The Bertz CT molecular complexity index is 721. The van der Waals surface area contributed by atoms with Gasteiger partial charge in [-0.2, -0.15) is 0 Å². The number of benzene rings is 1. The Morgan fingerprint density at radius 1 is 1.36 bits per heavy atom. The first-order valence-electron chi connectivity index (χ1n) is 7.87. The van der Waals surface area contributed by atoms with E-state index in [4.69, 9.17) is 0 Å². The predicted octanol–water partition coefficient (Wildman–Crippen LogP) is 1.62. The van der Waals surface area contributed by atoms with E-state index in [2.05, 4.69) is 4.72 Å². The van der Waals surface area contributed by atoms with E-state index >= 15 is 0 Å². The topological polar surface area (TPSA) is 110 Å². The van der Waals surface area contributed by atoms with Gasteiger partial charge >= 0.3 is 0 Å². The molecule has 1 aromatic rings. The molecule has 25 heavy (non-hydrogen) atoms. The second kappa shape index (κ2) is 8.63. The first kappa shape index (κ1) is 19.7. The highest BCUT2D eigenvalue weighted by atomic mass is 32.2. The van der Waals surface area contributed by atoms with Crippen LogP contribution in [0.3, 0.4) is 0 Å². The molecule has 138 valence electrons. The van der Waals surface area contributed by atoms with Gasteiger partial charge < -0.3 is 4.90 Å². The van der Waals surface area contributed by atoms with Crippen LogP contribution in [0.4, 0.5) is 5.69 Å². The van der Waals surface area contributed by atoms with Crippen LogP contribution in [0, 0.1) is 10.1 Å². The van der Waals surface area contributed by atoms with Crippen molar-refractivity contribution in [1.82, 2.24) is 9.62 Å². The minimum absolute atomic E-state index is 0.0126. The van der Waals surface area contributed by atoms with Crippen LogP contribution in [-0.4, -0.2) is 55.3 Å². The van der Waals surface area contributed by atoms with Gasteiger partial charge in [-0.3, -0.25) is 14.9 Å². The molecular formula is C15H21N3O5S2. The lowest BCUT2D eigenvalue weighted by atomic mass is 10.0. The molecule has 0 spiro atoms. The van der Waals surface area contributed by atoms with Gasteiger partial charge in [0.15, 0.2) is 0 Å². The van der Waals surface area contributed by atoms with Crippen LogP contribution in [0.2, 0.25) is 0 Å². The number of carbonyl (C=O) groups is 1. The van der Waals surface area contributed by atoms with Gasteiger partial charge in [-0.05, 0) is 31.4 Å². The van der Waals surface area contributed by atoms with Crippen molar-refractivity contribution in [3.05, 3.63) is 34.4 Å². The molecule has 1 fully saturated rings. The largest absolute Gasteiger partial charge is 0.338 e. The van der Waals surface area contributed by atoms with Crippen molar-refractivity contribution in [2.45, 2.75) is 30.2 Å². The van der Waals surface area contributed by atoms with E-state index in [1.165, 1.54) is 23.9 Å². The maximum atomic E-state index is 12.5. The number of rotatable bonds is 7. The number of thioether (sulfide) groups is 1. The van der Waals surface area contributed by atoms with E-state index < -0.39 is 14.9 Å². The maximum Gasteiger partial charge on any atom is 0.269 e. The van der Waals surface area contributed by atoms with Gasteiger partial charge in [0.1, 0.15) is 0 Å². The molecule has 8 nitrogen and oxygen atoms in total. The van der Waals surface area contributed by atoms with Crippen LogP contribution in [0.15, 0.2) is 29.2 Å². The smallest absolute Gasteiger partial charge is 0.269 e. The summed E-state index contributed by atoms with van der Waals surface area (Å²) in [6.45, 7) is 0.850. The lowest BCUT2D eigenvalue weighted by Crippen LogP contribution is -2.49. The fourth-order valence-corrected chi connectivity index (χ4v) is 3.96.